The number of nitrogens with zero attached hydrogens (tertiary/aromatic N) is 1. The van der Waals surface area contributed by atoms with Gasteiger partial charge in [-0.15, -0.1) is 0 Å². The van der Waals surface area contributed by atoms with Crippen LogP contribution in [0.25, 0.3) is 0 Å². The van der Waals surface area contributed by atoms with Crippen molar-refractivity contribution in [2.75, 3.05) is 18.6 Å². The molecule has 23 heavy (non-hydrogen) atoms. The summed E-state index contributed by atoms with van der Waals surface area (Å²) in [7, 11) is 1.55. The molecular weight excluding hydrogens is 318 g/mol. The van der Waals surface area contributed by atoms with Crippen LogP contribution in [0.1, 0.15) is 17.3 Å². The third-order valence-electron chi connectivity index (χ3n) is 3.05. The molecule has 0 saturated carbocycles. The molecule has 0 radical (unpaired) electrons. The first-order chi connectivity index (χ1) is 11.0. The summed E-state index contributed by atoms with van der Waals surface area (Å²) in [4.78, 5) is 25.3. The number of esters is 1. The summed E-state index contributed by atoms with van der Waals surface area (Å²) in [5.74, 6) is -0.269. The van der Waals surface area contributed by atoms with Crippen molar-refractivity contribution in [1.82, 2.24) is 0 Å². The second-order valence-electron chi connectivity index (χ2n) is 4.62. The number of carbonyl (C=O) groups is 2. The Morgan fingerprint density at radius 1 is 1.09 bits per heavy atom. The summed E-state index contributed by atoms with van der Waals surface area (Å²) in [5.41, 5.74) is 0.802. The molecule has 0 atom stereocenters. The largest absolute Gasteiger partial charge is 0.449 e. The zero-order valence-electron chi connectivity index (χ0n) is 12.8. The zero-order chi connectivity index (χ0) is 16.8. The maximum atomic E-state index is 12.2. The molecule has 5 nitrogen and oxygen atoms in total. The zero-order valence-corrected chi connectivity index (χ0v) is 13.5. The Morgan fingerprint density at radius 2 is 1.74 bits per heavy atom. The normalized spacial score (nSPS) is 10.0. The first kappa shape index (κ1) is 16.8. The van der Waals surface area contributed by atoms with Crippen LogP contribution < -0.4 is 9.64 Å². The molecule has 0 spiro atoms. The van der Waals surface area contributed by atoms with Crippen molar-refractivity contribution in [3.05, 3.63) is 59.1 Å². The number of carbonyl (C=O) groups excluding carboxylic acids is 2. The lowest BCUT2D eigenvalue weighted by Crippen LogP contribution is -2.27. The molecule has 0 N–H and O–H groups in total. The molecule has 1 amide bonds. The van der Waals surface area contributed by atoms with Crippen molar-refractivity contribution in [1.29, 1.82) is 0 Å². The fourth-order valence-corrected chi connectivity index (χ4v) is 2.01. The van der Waals surface area contributed by atoms with Gasteiger partial charge in [-0.1, -0.05) is 23.7 Å². The van der Waals surface area contributed by atoms with Crippen molar-refractivity contribution < 1.29 is 19.1 Å². The third-order valence-corrected chi connectivity index (χ3v) is 3.30. The minimum absolute atomic E-state index is 0.260. The first-order valence-corrected chi connectivity index (χ1v) is 7.38. The van der Waals surface area contributed by atoms with E-state index in [1.54, 1.807) is 62.5 Å². The molecule has 0 aromatic heterocycles. The van der Waals surface area contributed by atoms with Crippen LogP contribution in [-0.4, -0.2) is 25.7 Å². The predicted molar refractivity (Wildman–Crippen MR) is 88.3 cm³/mol. The Hall–Kier alpha value is -2.53. The highest BCUT2D eigenvalue weighted by molar-refractivity contribution is 6.30. The average Bonchev–Trinajstić information content (AvgIpc) is 2.55. The van der Waals surface area contributed by atoms with E-state index in [4.69, 9.17) is 21.1 Å². The molecule has 0 unspecified atom stereocenters. The van der Waals surface area contributed by atoms with Crippen molar-refractivity contribution >= 4 is 29.4 Å². The standard InChI is InChI=1S/C17H16ClNO4/c1-3-22-17(21)19(2)14-6-4-5-7-15(14)23-16(20)12-8-10-13(18)11-9-12/h4-11H,3H2,1-2H3. The molecule has 2 aromatic rings. The number of hydrogen-bond acceptors (Lipinski definition) is 4. The average molecular weight is 334 g/mol. The van der Waals surface area contributed by atoms with E-state index in [1.807, 2.05) is 0 Å². The Bertz CT molecular complexity index is 700. The molecule has 0 aliphatic rings. The topological polar surface area (TPSA) is 55.8 Å². The van der Waals surface area contributed by atoms with Gasteiger partial charge >= 0.3 is 12.1 Å². The Kier molecular flexibility index (Phi) is 5.60. The quantitative estimate of drug-likeness (QED) is 0.623. The van der Waals surface area contributed by atoms with Gasteiger partial charge in [-0.25, -0.2) is 9.59 Å². The number of anilines is 1. The molecule has 0 fully saturated rings. The number of halogens is 1. The van der Waals surface area contributed by atoms with Crippen LogP contribution >= 0.6 is 11.6 Å². The smallest absolute Gasteiger partial charge is 0.414 e. The summed E-state index contributed by atoms with van der Waals surface area (Å²) in [6.07, 6.45) is -0.525. The van der Waals surface area contributed by atoms with Gasteiger partial charge < -0.3 is 9.47 Å². The molecule has 0 aliphatic carbocycles. The molecule has 6 heteroatoms. The minimum atomic E-state index is -0.536. The fourth-order valence-electron chi connectivity index (χ4n) is 1.88. The van der Waals surface area contributed by atoms with Crippen LogP contribution in [0.2, 0.25) is 5.02 Å². The highest BCUT2D eigenvalue weighted by atomic mass is 35.5. The monoisotopic (exact) mass is 333 g/mol. The van der Waals surface area contributed by atoms with Gasteiger partial charge in [0, 0.05) is 12.1 Å². The lowest BCUT2D eigenvalue weighted by Gasteiger charge is -2.19. The van der Waals surface area contributed by atoms with Crippen LogP contribution in [0, 0.1) is 0 Å². The summed E-state index contributed by atoms with van der Waals surface area (Å²) in [6, 6.07) is 13.1. The summed E-state index contributed by atoms with van der Waals surface area (Å²) >= 11 is 5.80. The lowest BCUT2D eigenvalue weighted by molar-refractivity contribution is 0.0735. The first-order valence-electron chi connectivity index (χ1n) is 7.00. The number of benzene rings is 2. The Balaban J connectivity index is 2.21. The molecular formula is C17H16ClNO4. The van der Waals surface area contributed by atoms with Crippen LogP contribution in [0.4, 0.5) is 10.5 Å². The van der Waals surface area contributed by atoms with Gasteiger partial charge in [-0.3, -0.25) is 4.90 Å². The van der Waals surface area contributed by atoms with Gasteiger partial charge in [0.2, 0.25) is 0 Å². The van der Waals surface area contributed by atoms with E-state index in [9.17, 15) is 9.59 Å². The van der Waals surface area contributed by atoms with Crippen molar-refractivity contribution in [3.63, 3.8) is 0 Å². The van der Waals surface area contributed by atoms with Crippen LogP contribution in [0.15, 0.2) is 48.5 Å². The Morgan fingerprint density at radius 3 is 2.39 bits per heavy atom. The van der Waals surface area contributed by atoms with Crippen molar-refractivity contribution in [3.8, 4) is 5.75 Å². The van der Waals surface area contributed by atoms with E-state index in [1.165, 1.54) is 4.90 Å². The second kappa shape index (κ2) is 7.65. The molecule has 0 bridgehead atoms. The minimum Gasteiger partial charge on any atom is -0.449 e. The van der Waals surface area contributed by atoms with E-state index >= 15 is 0 Å². The summed E-state index contributed by atoms with van der Waals surface area (Å²) in [6.45, 7) is 1.98. The summed E-state index contributed by atoms with van der Waals surface area (Å²) < 4.78 is 10.3. The number of para-hydroxylation sites is 2. The number of ether oxygens (including phenoxy) is 2. The summed E-state index contributed by atoms with van der Waals surface area (Å²) in [5, 5.41) is 0.531. The molecule has 0 aliphatic heterocycles. The highest BCUT2D eigenvalue weighted by Gasteiger charge is 2.18. The number of rotatable bonds is 4. The van der Waals surface area contributed by atoms with Gasteiger partial charge in [-0.2, -0.15) is 0 Å². The van der Waals surface area contributed by atoms with Gasteiger partial charge in [0.1, 0.15) is 0 Å². The number of amides is 1. The van der Waals surface area contributed by atoms with Crippen LogP contribution in [-0.2, 0) is 4.74 Å². The maximum Gasteiger partial charge on any atom is 0.414 e. The fraction of sp³-hybridized carbons (Fsp3) is 0.176. The predicted octanol–water partition coefficient (Wildman–Crippen LogP) is 4.15. The van der Waals surface area contributed by atoms with Gasteiger partial charge in [0.15, 0.2) is 5.75 Å². The van der Waals surface area contributed by atoms with E-state index in [2.05, 4.69) is 0 Å². The highest BCUT2D eigenvalue weighted by Crippen LogP contribution is 2.28. The lowest BCUT2D eigenvalue weighted by atomic mass is 10.2. The Labute approximate surface area is 139 Å². The molecule has 2 aromatic carbocycles. The molecule has 0 heterocycles. The maximum absolute atomic E-state index is 12.2. The van der Waals surface area contributed by atoms with Gasteiger partial charge in [0.25, 0.3) is 0 Å². The molecule has 0 saturated heterocycles. The third kappa shape index (κ3) is 4.23. The van der Waals surface area contributed by atoms with E-state index in [0.717, 1.165) is 0 Å². The van der Waals surface area contributed by atoms with Crippen LogP contribution in [0.5, 0.6) is 5.75 Å². The van der Waals surface area contributed by atoms with E-state index in [-0.39, 0.29) is 12.4 Å². The van der Waals surface area contributed by atoms with Gasteiger partial charge in [0.05, 0.1) is 17.9 Å². The van der Waals surface area contributed by atoms with E-state index in [0.29, 0.717) is 16.3 Å². The van der Waals surface area contributed by atoms with Crippen molar-refractivity contribution in [2.45, 2.75) is 6.92 Å². The SMILES string of the molecule is CCOC(=O)N(C)c1ccccc1OC(=O)c1ccc(Cl)cc1. The van der Waals surface area contributed by atoms with Gasteiger partial charge in [-0.05, 0) is 43.3 Å². The van der Waals surface area contributed by atoms with Crippen LogP contribution in [0.3, 0.4) is 0 Å². The van der Waals surface area contributed by atoms with Crippen molar-refractivity contribution in [2.24, 2.45) is 0 Å². The van der Waals surface area contributed by atoms with E-state index < -0.39 is 12.1 Å². The second-order valence-corrected chi connectivity index (χ2v) is 5.06. The molecule has 120 valence electrons. The molecule has 2 rings (SSSR count). The number of hydrogen-bond donors (Lipinski definition) is 0.